The number of aliphatic hydroxyl groups is 2. The Hall–Kier alpha value is -0.670. The summed E-state index contributed by atoms with van der Waals surface area (Å²) in [5.41, 5.74) is 1.41. The van der Waals surface area contributed by atoms with Crippen LogP contribution in [-0.4, -0.2) is 137 Å². The fourth-order valence-electron chi connectivity index (χ4n) is 27.2. The summed E-state index contributed by atoms with van der Waals surface area (Å²) in [6.45, 7) is 33.1. The minimum atomic E-state index is -0.473. The zero-order valence-corrected chi connectivity index (χ0v) is 61.2. The maximum atomic E-state index is 12.9. The summed E-state index contributed by atoms with van der Waals surface area (Å²) in [7, 11) is 0. The van der Waals surface area contributed by atoms with Gasteiger partial charge < -0.3 is 60.3 Å². The van der Waals surface area contributed by atoms with Gasteiger partial charge in [0, 0.05) is 41.2 Å². The number of nitrogens with zero attached hydrogens (tertiary/aromatic N) is 4. The Labute approximate surface area is 576 Å². The molecule has 0 aromatic rings. The Bertz CT molecular complexity index is 2800. The van der Waals surface area contributed by atoms with Crippen LogP contribution in [0, 0.1) is 136 Å². The molecular formula is C74H112IN4NaO10. The monoisotopic (exact) mass is 1370 g/mol. The summed E-state index contributed by atoms with van der Waals surface area (Å²) in [5.74, 6) is 5.98. The Kier molecular flexibility index (Phi) is 17.9. The number of carbonyl (C=O) groups excluding carboxylic acids is 2. The number of nitriles is 1. The van der Waals surface area contributed by atoms with Crippen LogP contribution in [0.2, 0.25) is 0 Å². The molecule has 16 aliphatic rings. The average Bonchev–Trinajstić information content (AvgIpc) is 1.46. The average molecular weight is 1370 g/mol. The van der Waals surface area contributed by atoms with Gasteiger partial charge in [-0.05, 0) is 231 Å². The van der Waals surface area contributed by atoms with E-state index in [-0.39, 0.29) is 129 Å². The third kappa shape index (κ3) is 9.75. The molecular weight excluding hydrogens is 1250 g/mol. The molecule has 4 heterocycles. The van der Waals surface area contributed by atoms with E-state index in [1.807, 2.05) is 9.80 Å². The predicted octanol–water partition coefficient (Wildman–Crippen LogP) is 9.79. The maximum Gasteiger partial charge on any atom is 1.00 e. The fourth-order valence-corrected chi connectivity index (χ4v) is 27.8. The third-order valence-corrected chi connectivity index (χ3v) is 32.8. The van der Waals surface area contributed by atoms with Crippen molar-refractivity contribution in [3.05, 3.63) is 6.57 Å². The quantitative estimate of drug-likeness (QED) is 0.0915. The first-order valence-corrected chi connectivity index (χ1v) is 37.8. The maximum absolute atomic E-state index is 12.9. The molecule has 2 amide bonds. The van der Waals surface area contributed by atoms with Gasteiger partial charge in [0.1, 0.15) is 0 Å². The molecule has 12 saturated carbocycles. The first-order chi connectivity index (χ1) is 42.3. The molecule has 16 fully saturated rings. The molecule has 4 spiro atoms. The van der Waals surface area contributed by atoms with Crippen molar-refractivity contribution in [3.8, 4) is 6.07 Å². The molecule has 0 aromatic carbocycles. The van der Waals surface area contributed by atoms with E-state index in [0.29, 0.717) is 139 Å². The number of rotatable bonds is 10. The minimum Gasteiger partial charge on any atom is -0.512 e. The van der Waals surface area contributed by atoms with Crippen LogP contribution in [0.5, 0.6) is 0 Å². The SMILES string of the molecule is C[C@@H]1C[C@H](CC#N)O[C@H]2[C@H]1[C@@]1(C)CC[C@@]34CC35CCC(O[C@H]3CN(C(=O)CC6CC6)CCO3)C(C)(C)[C@@H]5CC[C@H]4[C@]1(C)[C@H]2O.C[C@@H]1C[C@H](CI)O[C@H]2[C@H]1[C@@]1(C)CC[C@@]34CC35CCC(O[C@H]3CN(C(=O)CC6CC6)CCO3)C(C)(C)[C@@H]5CC[C@H]4[C@]1(C)[C@H]2O.[C-]#N.[Na+]. The van der Waals surface area contributed by atoms with E-state index in [1.165, 1.54) is 103 Å². The second-order valence-electron chi connectivity index (χ2n) is 35.6. The van der Waals surface area contributed by atoms with Crippen LogP contribution in [0.15, 0.2) is 0 Å². The van der Waals surface area contributed by atoms with Gasteiger partial charge in [0.2, 0.25) is 11.8 Å². The standard InChI is InChI=1S/C37H56N2O5.C36H56INO5.CN.Na/c1-22-18-24(11-15-38)43-31-30(22)34(4)13-14-37-21-36(37)12-10-27(33(2,3)25(36)8-9-26(37)35(34,5)32(31)41)44-29-20-39(16-17-42-29)28(40)19-23-6-7-23;1-21-16-23(18-37)42-30-29(21)33(4)12-13-36-20-35(36)11-10-26(32(2,3)24(35)8-9-25(36)34(33,5)31(30)40)43-28-19-38(14-15-41-28)27(39)17-22-6-7-22;1-2;/h22-27,29-32,41H,6-14,16-21H2,1-5H3;21-26,28-31,40H,6-20H2,1-5H3;;/q;;-1;+1/t22-,24+,25+,26+,27?,29+,30+,31+,32+,34-,35-,36?,37+;21-,23-,24+,25+,26?,28+,29+,30+,31+,33-,34-,35?,36+;;/m11../s1. The number of amides is 2. The summed E-state index contributed by atoms with van der Waals surface area (Å²) in [6, 6.07) is 2.33. The van der Waals surface area contributed by atoms with Gasteiger partial charge >= 0.3 is 29.6 Å². The Morgan fingerprint density at radius 3 is 1.37 bits per heavy atom. The molecule has 4 unspecified atom stereocenters. The van der Waals surface area contributed by atoms with E-state index in [4.69, 9.17) is 40.3 Å². The first kappa shape index (κ1) is 67.9. The molecule has 16 heteroatoms. The normalized spacial score (nSPS) is 52.6. The Morgan fingerprint density at radius 2 is 0.967 bits per heavy atom. The summed E-state index contributed by atoms with van der Waals surface area (Å²) >= 11 is 2.47. The summed E-state index contributed by atoms with van der Waals surface area (Å²) < 4.78 is 40.3. The minimum absolute atomic E-state index is 0. The van der Waals surface area contributed by atoms with Crippen molar-refractivity contribution < 1.29 is 77.8 Å². The molecule has 0 radical (unpaired) electrons. The van der Waals surface area contributed by atoms with E-state index in [0.717, 1.165) is 30.1 Å². The van der Waals surface area contributed by atoms with E-state index in [1.54, 1.807) is 0 Å². The van der Waals surface area contributed by atoms with E-state index < -0.39 is 6.10 Å². The number of morpholine rings is 2. The third-order valence-electron chi connectivity index (χ3n) is 31.8. The number of fused-ring (bicyclic) bond motifs is 8. The van der Waals surface area contributed by atoms with Crippen molar-refractivity contribution in [1.82, 2.24) is 9.80 Å². The summed E-state index contributed by atoms with van der Waals surface area (Å²) in [6.07, 6.45) is 24.6. The predicted molar refractivity (Wildman–Crippen MR) is 343 cm³/mol. The molecule has 496 valence electrons. The van der Waals surface area contributed by atoms with Crippen molar-refractivity contribution in [2.45, 2.75) is 278 Å². The van der Waals surface area contributed by atoms with Gasteiger partial charge in [-0.25, -0.2) is 0 Å². The molecule has 0 aromatic heterocycles. The van der Waals surface area contributed by atoms with Crippen molar-refractivity contribution in [1.29, 1.82) is 10.5 Å². The van der Waals surface area contributed by atoms with Crippen molar-refractivity contribution in [2.24, 2.45) is 113 Å². The molecule has 16 rings (SSSR count). The fraction of sp³-hybridized carbons (Fsp3) is 0.946. The number of carbonyl (C=O) groups is 2. The molecule has 26 atom stereocenters. The zero-order chi connectivity index (χ0) is 63.0. The van der Waals surface area contributed by atoms with E-state index in [9.17, 15) is 25.1 Å². The topological polar surface area (TPSA) is 184 Å². The van der Waals surface area contributed by atoms with E-state index in [2.05, 4.69) is 97.9 Å². The Morgan fingerprint density at radius 1 is 0.578 bits per heavy atom. The van der Waals surface area contributed by atoms with Gasteiger partial charge in [0.25, 0.3) is 0 Å². The second-order valence-corrected chi connectivity index (χ2v) is 36.5. The van der Waals surface area contributed by atoms with Crippen molar-refractivity contribution >= 4 is 34.4 Å². The van der Waals surface area contributed by atoms with Gasteiger partial charge in [-0.1, -0.05) is 91.8 Å². The second kappa shape index (κ2) is 23.8. The number of aliphatic hydroxyl groups excluding tert-OH is 2. The van der Waals surface area contributed by atoms with Gasteiger partial charge in [0.05, 0.1) is 87.6 Å². The van der Waals surface area contributed by atoms with Crippen LogP contribution in [0.4, 0.5) is 0 Å². The smallest absolute Gasteiger partial charge is 0.512 e. The van der Waals surface area contributed by atoms with Gasteiger partial charge in [-0.3, -0.25) is 9.59 Å². The summed E-state index contributed by atoms with van der Waals surface area (Å²) in [5, 5.41) is 40.2. The molecule has 90 heavy (non-hydrogen) atoms. The largest absolute Gasteiger partial charge is 1.00 e. The first-order valence-electron chi connectivity index (χ1n) is 36.2. The molecule has 4 aliphatic heterocycles. The van der Waals surface area contributed by atoms with Gasteiger partial charge in [-0.2, -0.15) is 5.26 Å². The molecule has 2 N–H and O–H groups in total. The van der Waals surface area contributed by atoms with Crippen molar-refractivity contribution in [2.75, 3.05) is 43.8 Å². The van der Waals surface area contributed by atoms with Crippen LogP contribution in [0.25, 0.3) is 0 Å². The van der Waals surface area contributed by atoms with Crippen LogP contribution < -0.4 is 29.6 Å². The zero-order valence-electron chi connectivity index (χ0n) is 57.1. The van der Waals surface area contributed by atoms with Crippen LogP contribution in [-0.2, 0) is 38.0 Å². The Balaban J connectivity index is 0.000000159. The number of hydrogen-bond acceptors (Lipinski definition) is 12. The van der Waals surface area contributed by atoms with Crippen LogP contribution in [0.3, 0.4) is 0 Å². The van der Waals surface area contributed by atoms with Gasteiger partial charge in [0.15, 0.2) is 12.6 Å². The molecule has 14 nitrogen and oxygen atoms in total. The summed E-state index contributed by atoms with van der Waals surface area (Å²) in [4.78, 5) is 29.7. The van der Waals surface area contributed by atoms with E-state index >= 15 is 0 Å². The van der Waals surface area contributed by atoms with Crippen LogP contribution >= 0.6 is 22.6 Å². The van der Waals surface area contributed by atoms with Crippen molar-refractivity contribution in [3.63, 3.8) is 0 Å². The molecule has 12 aliphatic carbocycles. The number of halogens is 1. The molecule has 4 saturated heterocycles. The number of hydrogen-bond donors (Lipinski definition) is 2. The molecule has 0 bridgehead atoms. The number of ether oxygens (including phenoxy) is 6. The van der Waals surface area contributed by atoms with Gasteiger partial charge in [-0.15, -0.1) is 0 Å². The number of alkyl halides is 1. The van der Waals surface area contributed by atoms with Crippen LogP contribution in [0.1, 0.15) is 217 Å².